The molecule has 0 aromatic heterocycles. The minimum Gasteiger partial charge on any atom is -0.481 e. The van der Waals surface area contributed by atoms with E-state index in [2.05, 4.69) is 26.1 Å². The van der Waals surface area contributed by atoms with Gasteiger partial charge in [0.1, 0.15) is 5.75 Å². The number of carbonyl (C=O) groups is 1. The predicted molar refractivity (Wildman–Crippen MR) is 105 cm³/mol. The van der Waals surface area contributed by atoms with Crippen LogP contribution in [0.2, 0.25) is 5.02 Å². The molecule has 4 heteroatoms. The number of carbonyl (C=O) groups excluding carboxylic acids is 1. The number of benzene rings is 2. The van der Waals surface area contributed by atoms with Crippen molar-refractivity contribution >= 4 is 23.2 Å². The van der Waals surface area contributed by atoms with Gasteiger partial charge >= 0.3 is 0 Å². The molecule has 2 aromatic carbocycles. The van der Waals surface area contributed by atoms with Crippen LogP contribution >= 0.6 is 11.6 Å². The highest BCUT2D eigenvalue weighted by Gasteiger charge is 2.20. The third-order valence-corrected chi connectivity index (χ3v) is 4.35. The van der Waals surface area contributed by atoms with E-state index < -0.39 is 6.10 Å². The summed E-state index contributed by atoms with van der Waals surface area (Å²) in [5.41, 5.74) is 2.99. The van der Waals surface area contributed by atoms with E-state index in [4.69, 9.17) is 16.3 Å². The number of ether oxygens (including phenoxy) is 1. The van der Waals surface area contributed by atoms with Gasteiger partial charge in [-0.25, -0.2) is 0 Å². The highest BCUT2D eigenvalue weighted by Crippen LogP contribution is 2.25. The Kier molecular flexibility index (Phi) is 6.12. The molecule has 0 fully saturated rings. The van der Waals surface area contributed by atoms with Gasteiger partial charge in [0, 0.05) is 10.7 Å². The van der Waals surface area contributed by atoms with Crippen molar-refractivity contribution < 1.29 is 9.53 Å². The predicted octanol–water partition coefficient (Wildman–Crippen LogP) is 5.74. The number of aryl methyl sites for hydroxylation is 1. The third-order valence-electron chi connectivity index (χ3n) is 4.12. The highest BCUT2D eigenvalue weighted by molar-refractivity contribution is 6.31. The molecule has 0 radical (unpaired) electrons. The van der Waals surface area contributed by atoms with Crippen LogP contribution in [-0.2, 0) is 10.2 Å². The van der Waals surface area contributed by atoms with Gasteiger partial charge in [-0.15, -0.1) is 0 Å². The van der Waals surface area contributed by atoms with E-state index in [9.17, 15) is 4.79 Å². The summed E-state index contributed by atoms with van der Waals surface area (Å²) in [6.07, 6.45) is 0.0193. The molecule has 1 unspecified atom stereocenters. The Hall–Kier alpha value is -2.00. The smallest absolute Gasteiger partial charge is 0.265 e. The van der Waals surface area contributed by atoms with Crippen LogP contribution in [-0.4, -0.2) is 12.0 Å². The zero-order chi connectivity index (χ0) is 18.6. The van der Waals surface area contributed by atoms with Crippen molar-refractivity contribution in [2.75, 3.05) is 5.32 Å². The SMILES string of the molecule is CCC(Oc1ccc(C(C)(C)C)cc1)C(=O)Nc1cc(Cl)ccc1C. The number of amides is 1. The summed E-state index contributed by atoms with van der Waals surface area (Å²) in [6, 6.07) is 13.4. The number of anilines is 1. The molecule has 2 rings (SSSR count). The van der Waals surface area contributed by atoms with Crippen molar-refractivity contribution in [1.29, 1.82) is 0 Å². The maximum atomic E-state index is 12.6. The molecule has 0 heterocycles. The van der Waals surface area contributed by atoms with Crippen LogP contribution in [0.4, 0.5) is 5.69 Å². The molecular weight excluding hydrogens is 334 g/mol. The molecule has 25 heavy (non-hydrogen) atoms. The molecule has 0 aliphatic rings. The van der Waals surface area contributed by atoms with Crippen LogP contribution in [0.3, 0.4) is 0 Å². The van der Waals surface area contributed by atoms with Gasteiger partial charge < -0.3 is 10.1 Å². The van der Waals surface area contributed by atoms with Gasteiger partial charge in [0.2, 0.25) is 0 Å². The van der Waals surface area contributed by atoms with Crippen molar-refractivity contribution in [2.24, 2.45) is 0 Å². The first-order valence-electron chi connectivity index (χ1n) is 8.55. The first-order chi connectivity index (χ1) is 11.7. The second-order valence-corrected chi connectivity index (χ2v) is 7.67. The van der Waals surface area contributed by atoms with E-state index >= 15 is 0 Å². The molecular formula is C21H26ClNO2. The average molecular weight is 360 g/mol. The quantitative estimate of drug-likeness (QED) is 0.738. The van der Waals surface area contributed by atoms with Crippen molar-refractivity contribution in [3.63, 3.8) is 0 Å². The van der Waals surface area contributed by atoms with E-state index in [1.807, 2.05) is 44.2 Å². The van der Waals surface area contributed by atoms with Crippen LogP contribution in [0.15, 0.2) is 42.5 Å². The van der Waals surface area contributed by atoms with E-state index in [0.29, 0.717) is 22.9 Å². The van der Waals surface area contributed by atoms with Crippen molar-refractivity contribution in [3.05, 3.63) is 58.6 Å². The third kappa shape index (κ3) is 5.23. The van der Waals surface area contributed by atoms with Gasteiger partial charge in [0.25, 0.3) is 5.91 Å². The normalized spacial score (nSPS) is 12.6. The van der Waals surface area contributed by atoms with Gasteiger partial charge in [0.15, 0.2) is 6.10 Å². The van der Waals surface area contributed by atoms with Crippen LogP contribution in [0.5, 0.6) is 5.75 Å². The van der Waals surface area contributed by atoms with Gasteiger partial charge in [-0.1, -0.05) is 57.5 Å². The van der Waals surface area contributed by atoms with Crippen LogP contribution < -0.4 is 10.1 Å². The largest absolute Gasteiger partial charge is 0.481 e. The minimum atomic E-state index is -0.557. The Bertz CT molecular complexity index is 733. The summed E-state index contributed by atoms with van der Waals surface area (Å²) in [7, 11) is 0. The number of hydrogen-bond donors (Lipinski definition) is 1. The Morgan fingerprint density at radius 3 is 2.36 bits per heavy atom. The zero-order valence-corrected chi connectivity index (χ0v) is 16.3. The second-order valence-electron chi connectivity index (χ2n) is 7.24. The van der Waals surface area contributed by atoms with Crippen LogP contribution in [0, 0.1) is 6.92 Å². The molecule has 3 nitrogen and oxygen atoms in total. The number of rotatable bonds is 5. The first kappa shape index (κ1) is 19.3. The topological polar surface area (TPSA) is 38.3 Å². The lowest BCUT2D eigenvalue weighted by Gasteiger charge is -2.21. The van der Waals surface area contributed by atoms with E-state index in [1.54, 1.807) is 12.1 Å². The number of hydrogen-bond acceptors (Lipinski definition) is 2. The molecule has 0 saturated carbocycles. The molecule has 0 aliphatic heterocycles. The highest BCUT2D eigenvalue weighted by atomic mass is 35.5. The maximum absolute atomic E-state index is 12.6. The Balaban J connectivity index is 2.08. The molecule has 1 atom stereocenters. The standard InChI is InChI=1S/C21H26ClNO2/c1-6-19(20(24)23-18-13-16(22)10-7-14(18)2)25-17-11-8-15(9-12-17)21(3,4)5/h7-13,19H,6H2,1-5H3,(H,23,24). The molecule has 1 amide bonds. The molecule has 1 N–H and O–H groups in total. The van der Waals surface area contributed by atoms with E-state index in [1.165, 1.54) is 5.56 Å². The fourth-order valence-electron chi connectivity index (χ4n) is 2.46. The Morgan fingerprint density at radius 2 is 1.80 bits per heavy atom. The fraction of sp³-hybridized carbons (Fsp3) is 0.381. The lowest BCUT2D eigenvalue weighted by molar-refractivity contribution is -0.122. The van der Waals surface area contributed by atoms with Crippen molar-refractivity contribution in [3.8, 4) is 5.75 Å². The summed E-state index contributed by atoms with van der Waals surface area (Å²) >= 11 is 6.01. The van der Waals surface area contributed by atoms with Gasteiger partial charge in [-0.3, -0.25) is 4.79 Å². The van der Waals surface area contributed by atoms with Crippen molar-refractivity contribution in [1.82, 2.24) is 0 Å². The molecule has 0 aliphatic carbocycles. The summed E-state index contributed by atoms with van der Waals surface area (Å²) in [5.74, 6) is 0.519. The minimum absolute atomic E-state index is 0.0875. The fourth-order valence-corrected chi connectivity index (χ4v) is 2.63. The van der Waals surface area contributed by atoms with E-state index in [0.717, 1.165) is 5.56 Å². The maximum Gasteiger partial charge on any atom is 0.265 e. The monoisotopic (exact) mass is 359 g/mol. The Labute approximate surface area is 155 Å². The summed E-state index contributed by atoms with van der Waals surface area (Å²) in [5, 5.41) is 3.50. The first-order valence-corrected chi connectivity index (χ1v) is 8.92. The lowest BCUT2D eigenvalue weighted by Crippen LogP contribution is -2.32. The van der Waals surface area contributed by atoms with Crippen LogP contribution in [0.25, 0.3) is 0 Å². The van der Waals surface area contributed by atoms with E-state index in [-0.39, 0.29) is 11.3 Å². The summed E-state index contributed by atoms with van der Waals surface area (Å²) in [4.78, 5) is 12.6. The molecule has 134 valence electrons. The number of nitrogens with one attached hydrogen (secondary N) is 1. The van der Waals surface area contributed by atoms with Gasteiger partial charge in [-0.2, -0.15) is 0 Å². The van der Waals surface area contributed by atoms with Crippen LogP contribution in [0.1, 0.15) is 45.2 Å². The Morgan fingerprint density at radius 1 is 1.16 bits per heavy atom. The van der Waals surface area contributed by atoms with Gasteiger partial charge in [0.05, 0.1) is 0 Å². The average Bonchev–Trinajstić information content (AvgIpc) is 2.55. The zero-order valence-electron chi connectivity index (χ0n) is 15.5. The molecule has 0 spiro atoms. The summed E-state index contributed by atoms with van der Waals surface area (Å²) in [6.45, 7) is 10.4. The lowest BCUT2D eigenvalue weighted by atomic mass is 9.87. The second kappa shape index (κ2) is 7.92. The van der Waals surface area contributed by atoms with Crippen molar-refractivity contribution in [2.45, 2.75) is 52.6 Å². The van der Waals surface area contributed by atoms with Gasteiger partial charge in [-0.05, 0) is 54.2 Å². The molecule has 0 saturated heterocycles. The molecule has 0 bridgehead atoms. The number of halogens is 1. The summed E-state index contributed by atoms with van der Waals surface area (Å²) < 4.78 is 5.89. The molecule has 2 aromatic rings.